The Kier molecular flexibility index (Phi) is 8.53. The van der Waals surface area contributed by atoms with Crippen molar-refractivity contribution in [1.82, 2.24) is 9.80 Å². The molecule has 2 aliphatic rings. The molecule has 156 valence electrons. The monoisotopic (exact) mass is 394 g/mol. The van der Waals surface area contributed by atoms with E-state index in [1.54, 1.807) is 14.2 Å². The third kappa shape index (κ3) is 6.10. The Hall–Kier alpha value is -2.32. The van der Waals surface area contributed by atoms with Crippen LogP contribution in [0.25, 0.3) is 0 Å². The number of methoxy groups -OCH3 is 2. The molecule has 0 radical (unpaired) electrons. The van der Waals surface area contributed by atoms with Gasteiger partial charge in [0, 0.05) is 18.2 Å². The van der Waals surface area contributed by atoms with E-state index in [0.717, 1.165) is 24.1 Å². The minimum Gasteiger partial charge on any atom is -0.493 e. The van der Waals surface area contributed by atoms with Crippen LogP contribution in [0.4, 0.5) is 0 Å². The smallest absolute Gasteiger partial charge is 0.414 e. The third-order valence-electron chi connectivity index (χ3n) is 5.28. The molecular formula is C20H30N2O6. The zero-order valence-electron chi connectivity index (χ0n) is 16.6. The molecule has 2 fully saturated rings. The first-order valence-electron chi connectivity index (χ1n) is 9.58. The van der Waals surface area contributed by atoms with Crippen molar-refractivity contribution in [1.29, 1.82) is 0 Å². The highest BCUT2D eigenvalue weighted by Gasteiger charge is 2.26. The number of benzene rings is 1. The van der Waals surface area contributed by atoms with Crippen molar-refractivity contribution >= 4 is 11.9 Å². The molecule has 2 N–H and O–H groups in total. The van der Waals surface area contributed by atoms with Gasteiger partial charge in [0.05, 0.1) is 14.2 Å². The number of para-hydroxylation sites is 1. The predicted octanol–water partition coefficient (Wildman–Crippen LogP) is 1.92. The number of rotatable bonds is 5. The summed E-state index contributed by atoms with van der Waals surface area (Å²) in [6, 6.07) is 6.97. The molecule has 0 bridgehead atoms. The van der Waals surface area contributed by atoms with E-state index in [-0.39, 0.29) is 0 Å². The third-order valence-corrected chi connectivity index (χ3v) is 5.28. The molecule has 0 atom stereocenters. The second-order valence-corrected chi connectivity index (χ2v) is 7.01. The molecule has 0 unspecified atom stereocenters. The van der Waals surface area contributed by atoms with Gasteiger partial charge in [-0.1, -0.05) is 12.1 Å². The van der Waals surface area contributed by atoms with Crippen molar-refractivity contribution in [2.45, 2.75) is 38.3 Å². The molecule has 0 saturated carbocycles. The number of aliphatic carboxylic acids is 2. The van der Waals surface area contributed by atoms with Crippen LogP contribution in [0, 0.1) is 0 Å². The molecule has 0 aliphatic carbocycles. The van der Waals surface area contributed by atoms with Crippen LogP contribution in [0.5, 0.6) is 11.5 Å². The summed E-state index contributed by atoms with van der Waals surface area (Å²) in [5.74, 6) is -1.94. The summed E-state index contributed by atoms with van der Waals surface area (Å²) in [6.07, 6.45) is 5.38. The maximum Gasteiger partial charge on any atom is 0.414 e. The van der Waals surface area contributed by atoms with E-state index in [0.29, 0.717) is 0 Å². The van der Waals surface area contributed by atoms with Crippen LogP contribution in [0.3, 0.4) is 0 Å². The molecule has 8 nitrogen and oxygen atoms in total. The van der Waals surface area contributed by atoms with Crippen molar-refractivity contribution < 1.29 is 29.3 Å². The fourth-order valence-electron chi connectivity index (χ4n) is 3.87. The van der Waals surface area contributed by atoms with E-state index in [2.05, 4.69) is 15.9 Å². The normalized spacial score (nSPS) is 18.2. The van der Waals surface area contributed by atoms with Crippen molar-refractivity contribution in [2.24, 2.45) is 0 Å². The lowest BCUT2D eigenvalue weighted by atomic mass is 10.0. The van der Waals surface area contributed by atoms with E-state index in [4.69, 9.17) is 29.3 Å². The lowest BCUT2D eigenvalue weighted by molar-refractivity contribution is -0.159. The summed E-state index contributed by atoms with van der Waals surface area (Å²) in [4.78, 5) is 23.4. The molecule has 2 saturated heterocycles. The molecule has 0 spiro atoms. The highest BCUT2D eigenvalue weighted by Crippen LogP contribution is 2.32. The number of carboxylic acid groups (broad SMARTS) is 2. The van der Waals surface area contributed by atoms with Gasteiger partial charge in [-0.05, 0) is 57.9 Å². The number of ether oxygens (including phenoxy) is 2. The van der Waals surface area contributed by atoms with Gasteiger partial charge in [-0.15, -0.1) is 0 Å². The molecule has 3 rings (SSSR count). The van der Waals surface area contributed by atoms with E-state index < -0.39 is 11.9 Å². The van der Waals surface area contributed by atoms with Gasteiger partial charge < -0.3 is 24.6 Å². The Bertz CT molecular complexity index is 640. The fourth-order valence-corrected chi connectivity index (χ4v) is 3.87. The van der Waals surface area contributed by atoms with Gasteiger partial charge in [-0.2, -0.15) is 0 Å². The highest BCUT2D eigenvalue weighted by molar-refractivity contribution is 6.27. The highest BCUT2D eigenvalue weighted by atomic mass is 16.5. The minimum atomic E-state index is -1.82. The summed E-state index contributed by atoms with van der Waals surface area (Å²) in [7, 11) is 3.42. The van der Waals surface area contributed by atoms with Gasteiger partial charge >= 0.3 is 11.9 Å². The molecular weight excluding hydrogens is 364 g/mol. The summed E-state index contributed by atoms with van der Waals surface area (Å²) in [6.45, 7) is 5.94. The Labute approximate surface area is 165 Å². The average Bonchev–Trinajstić information content (AvgIpc) is 3.23. The molecule has 2 aliphatic heterocycles. The number of piperidine rings is 1. The molecule has 0 amide bonds. The Morgan fingerprint density at radius 2 is 1.61 bits per heavy atom. The van der Waals surface area contributed by atoms with Crippen molar-refractivity contribution in [2.75, 3.05) is 40.4 Å². The molecule has 2 heterocycles. The summed E-state index contributed by atoms with van der Waals surface area (Å²) >= 11 is 0. The van der Waals surface area contributed by atoms with Crippen LogP contribution in [0.1, 0.15) is 31.2 Å². The van der Waals surface area contributed by atoms with Gasteiger partial charge in [0.15, 0.2) is 11.5 Å². The molecule has 8 heteroatoms. The van der Waals surface area contributed by atoms with Crippen LogP contribution < -0.4 is 9.47 Å². The van der Waals surface area contributed by atoms with Gasteiger partial charge in [-0.25, -0.2) is 9.59 Å². The maximum atomic E-state index is 9.10. The van der Waals surface area contributed by atoms with Crippen LogP contribution >= 0.6 is 0 Å². The number of hydrogen-bond donors (Lipinski definition) is 2. The quantitative estimate of drug-likeness (QED) is 0.731. The Morgan fingerprint density at radius 3 is 2.11 bits per heavy atom. The molecule has 0 aromatic heterocycles. The first-order chi connectivity index (χ1) is 13.5. The van der Waals surface area contributed by atoms with E-state index in [9.17, 15) is 0 Å². The van der Waals surface area contributed by atoms with Gasteiger partial charge in [-0.3, -0.25) is 4.90 Å². The summed E-state index contributed by atoms with van der Waals surface area (Å²) < 4.78 is 11.0. The topological polar surface area (TPSA) is 99.5 Å². The molecule has 28 heavy (non-hydrogen) atoms. The second-order valence-electron chi connectivity index (χ2n) is 7.01. The van der Waals surface area contributed by atoms with Gasteiger partial charge in [0.2, 0.25) is 0 Å². The standard InChI is InChI=1S/C18H28N2O2.C2H2O4/c1-21-17-7-5-6-15(18(17)22-2)14-19-12-8-16(9-13-19)20-10-3-4-11-20;3-1(4)2(5)6/h5-7,16H,3-4,8-14H2,1-2H3;(H,3,4)(H,5,6). The van der Waals surface area contributed by atoms with Crippen LogP contribution in [-0.4, -0.2) is 78.4 Å². The lowest BCUT2D eigenvalue weighted by Gasteiger charge is -2.36. The fraction of sp³-hybridized carbons (Fsp3) is 0.600. The largest absolute Gasteiger partial charge is 0.493 e. The summed E-state index contributed by atoms with van der Waals surface area (Å²) in [5, 5.41) is 14.8. The van der Waals surface area contributed by atoms with Crippen molar-refractivity contribution in [3.8, 4) is 11.5 Å². The number of nitrogens with zero attached hydrogens (tertiary/aromatic N) is 2. The van der Waals surface area contributed by atoms with Gasteiger partial charge in [0.1, 0.15) is 0 Å². The maximum absolute atomic E-state index is 9.10. The second kappa shape index (κ2) is 10.9. The average molecular weight is 394 g/mol. The van der Waals surface area contributed by atoms with Crippen LogP contribution in [-0.2, 0) is 16.1 Å². The predicted molar refractivity (Wildman–Crippen MR) is 104 cm³/mol. The number of carboxylic acids is 2. The molecule has 1 aromatic rings. The van der Waals surface area contributed by atoms with Crippen LogP contribution in [0.2, 0.25) is 0 Å². The van der Waals surface area contributed by atoms with Gasteiger partial charge in [0.25, 0.3) is 0 Å². The number of hydrogen-bond acceptors (Lipinski definition) is 6. The first-order valence-corrected chi connectivity index (χ1v) is 9.58. The SMILES string of the molecule is COc1cccc(CN2CCC(N3CCCC3)CC2)c1OC.O=C(O)C(=O)O. The minimum absolute atomic E-state index is 0.811. The zero-order chi connectivity index (χ0) is 20.5. The van der Waals surface area contributed by atoms with E-state index in [1.165, 1.54) is 57.4 Å². The van der Waals surface area contributed by atoms with Crippen molar-refractivity contribution in [3.05, 3.63) is 23.8 Å². The lowest BCUT2D eigenvalue weighted by Crippen LogP contribution is -2.43. The van der Waals surface area contributed by atoms with E-state index in [1.807, 2.05) is 12.1 Å². The van der Waals surface area contributed by atoms with E-state index >= 15 is 0 Å². The Morgan fingerprint density at radius 1 is 1.00 bits per heavy atom. The van der Waals surface area contributed by atoms with Crippen LogP contribution in [0.15, 0.2) is 18.2 Å². The zero-order valence-corrected chi connectivity index (χ0v) is 16.6. The number of carbonyl (C=O) groups is 2. The summed E-state index contributed by atoms with van der Waals surface area (Å²) in [5.41, 5.74) is 1.22. The Balaban J connectivity index is 0.000000409. The first kappa shape index (κ1) is 22.0. The molecule has 1 aromatic carbocycles. The number of likely N-dealkylation sites (tertiary alicyclic amines) is 2. The van der Waals surface area contributed by atoms with Crippen molar-refractivity contribution in [3.63, 3.8) is 0 Å².